The Bertz CT molecular complexity index is 740. The summed E-state index contributed by atoms with van der Waals surface area (Å²) in [7, 11) is 0. The summed E-state index contributed by atoms with van der Waals surface area (Å²) in [6.07, 6.45) is 5.10. The van der Waals surface area contributed by atoms with Crippen LogP contribution in [0, 0.1) is 0 Å². The molecule has 96 valence electrons. The molecule has 0 radical (unpaired) electrons. The number of hydrogen-bond donors (Lipinski definition) is 1. The first-order chi connectivity index (χ1) is 9.17. The largest absolute Gasteiger partial charge is 0.368 e. The molecule has 0 amide bonds. The summed E-state index contributed by atoms with van der Waals surface area (Å²) in [6, 6.07) is 0. The second-order valence-corrected chi connectivity index (χ2v) is 5.13. The summed E-state index contributed by atoms with van der Waals surface area (Å²) in [5.74, 6) is 1.36. The quantitative estimate of drug-likeness (QED) is 0.690. The molecular formula is C9H7BrN8S. The van der Waals surface area contributed by atoms with Crippen molar-refractivity contribution in [2.24, 2.45) is 0 Å². The SMILES string of the molecule is CSc1nc(N)n2nc(-c3ncc(Br)cn3)nc2n1. The van der Waals surface area contributed by atoms with Gasteiger partial charge in [-0.05, 0) is 22.2 Å². The van der Waals surface area contributed by atoms with Gasteiger partial charge in [-0.15, -0.1) is 5.10 Å². The minimum absolute atomic E-state index is 0.227. The van der Waals surface area contributed by atoms with Crippen molar-refractivity contribution >= 4 is 39.4 Å². The van der Waals surface area contributed by atoms with E-state index in [2.05, 4.69) is 45.9 Å². The fourth-order valence-electron chi connectivity index (χ4n) is 1.40. The van der Waals surface area contributed by atoms with Crippen molar-refractivity contribution in [3.63, 3.8) is 0 Å². The molecule has 2 N–H and O–H groups in total. The molecule has 0 unspecified atom stereocenters. The van der Waals surface area contributed by atoms with Crippen molar-refractivity contribution < 1.29 is 0 Å². The van der Waals surface area contributed by atoms with Crippen LogP contribution in [0.4, 0.5) is 5.95 Å². The molecule has 3 heterocycles. The predicted octanol–water partition coefficient (Wildman–Crippen LogP) is 1.04. The van der Waals surface area contributed by atoms with E-state index < -0.39 is 0 Å². The maximum absolute atomic E-state index is 5.80. The van der Waals surface area contributed by atoms with Crippen LogP contribution in [-0.2, 0) is 0 Å². The number of aromatic nitrogens is 7. The molecule has 0 spiro atoms. The number of rotatable bonds is 2. The van der Waals surface area contributed by atoms with Gasteiger partial charge in [0.2, 0.25) is 11.8 Å². The van der Waals surface area contributed by atoms with Crippen molar-refractivity contribution in [2.45, 2.75) is 5.16 Å². The fourth-order valence-corrected chi connectivity index (χ4v) is 1.96. The van der Waals surface area contributed by atoms with Crippen LogP contribution in [0.15, 0.2) is 22.0 Å². The first kappa shape index (κ1) is 12.2. The summed E-state index contributed by atoms with van der Waals surface area (Å²) in [5.41, 5.74) is 5.80. The standard InChI is InChI=1S/C9H7BrN8S/c1-19-9-15-7(11)18-8(16-9)14-6(17-18)5-12-2-4(10)3-13-5/h2-3H,1H3,(H2,11,14,15,16,17). The molecule has 0 fully saturated rings. The van der Waals surface area contributed by atoms with E-state index >= 15 is 0 Å². The number of nitrogens with zero attached hydrogens (tertiary/aromatic N) is 7. The molecule has 0 aliphatic rings. The molecule has 0 aliphatic heterocycles. The van der Waals surface area contributed by atoms with Crippen LogP contribution in [-0.4, -0.2) is 40.8 Å². The minimum Gasteiger partial charge on any atom is -0.368 e. The van der Waals surface area contributed by atoms with Crippen molar-refractivity contribution in [1.29, 1.82) is 0 Å². The minimum atomic E-state index is 0.227. The van der Waals surface area contributed by atoms with Gasteiger partial charge in [-0.2, -0.15) is 19.5 Å². The molecule has 0 saturated heterocycles. The zero-order valence-corrected chi connectivity index (χ0v) is 12.1. The van der Waals surface area contributed by atoms with E-state index in [1.54, 1.807) is 12.4 Å². The Hall–Kier alpha value is -1.81. The van der Waals surface area contributed by atoms with Gasteiger partial charge < -0.3 is 5.73 Å². The third-order valence-electron chi connectivity index (χ3n) is 2.22. The lowest BCUT2D eigenvalue weighted by Gasteiger charge is -1.97. The number of nitrogens with two attached hydrogens (primary N) is 1. The Morgan fingerprint density at radius 1 is 1.16 bits per heavy atom. The molecule has 3 aromatic rings. The van der Waals surface area contributed by atoms with Gasteiger partial charge in [0, 0.05) is 12.4 Å². The average Bonchev–Trinajstić information content (AvgIpc) is 2.84. The number of thioether (sulfide) groups is 1. The van der Waals surface area contributed by atoms with Crippen molar-refractivity contribution in [3.8, 4) is 11.6 Å². The van der Waals surface area contributed by atoms with E-state index in [0.717, 1.165) is 4.47 Å². The Morgan fingerprint density at radius 3 is 2.58 bits per heavy atom. The lowest BCUT2D eigenvalue weighted by molar-refractivity contribution is 0.849. The van der Waals surface area contributed by atoms with Gasteiger partial charge in [0.25, 0.3) is 5.78 Å². The third kappa shape index (κ3) is 2.24. The third-order valence-corrected chi connectivity index (χ3v) is 3.17. The molecule has 8 nitrogen and oxygen atoms in total. The highest BCUT2D eigenvalue weighted by Crippen LogP contribution is 2.16. The van der Waals surface area contributed by atoms with E-state index in [0.29, 0.717) is 22.6 Å². The molecule has 19 heavy (non-hydrogen) atoms. The Balaban J connectivity index is 2.16. The van der Waals surface area contributed by atoms with Gasteiger partial charge in [-0.25, -0.2) is 9.97 Å². The first-order valence-electron chi connectivity index (χ1n) is 5.09. The van der Waals surface area contributed by atoms with E-state index in [1.165, 1.54) is 16.3 Å². The summed E-state index contributed by atoms with van der Waals surface area (Å²) < 4.78 is 2.14. The van der Waals surface area contributed by atoms with Gasteiger partial charge >= 0.3 is 0 Å². The van der Waals surface area contributed by atoms with Gasteiger partial charge in [-0.1, -0.05) is 11.8 Å². The van der Waals surface area contributed by atoms with Crippen LogP contribution in [0.3, 0.4) is 0 Å². The highest BCUT2D eigenvalue weighted by atomic mass is 79.9. The zero-order chi connectivity index (χ0) is 13.4. The molecule has 3 rings (SSSR count). The zero-order valence-electron chi connectivity index (χ0n) is 9.65. The summed E-state index contributed by atoms with van der Waals surface area (Å²) >= 11 is 4.65. The molecule has 0 bridgehead atoms. The van der Waals surface area contributed by atoms with Gasteiger partial charge in [-0.3, -0.25) is 0 Å². The van der Waals surface area contributed by atoms with Crippen molar-refractivity contribution in [2.75, 3.05) is 12.0 Å². The second-order valence-electron chi connectivity index (χ2n) is 3.44. The maximum atomic E-state index is 5.80. The maximum Gasteiger partial charge on any atom is 0.258 e. The molecule has 0 atom stereocenters. The first-order valence-corrected chi connectivity index (χ1v) is 7.11. The van der Waals surface area contributed by atoms with Crippen LogP contribution in [0.5, 0.6) is 0 Å². The van der Waals surface area contributed by atoms with Gasteiger partial charge in [0.1, 0.15) is 0 Å². The van der Waals surface area contributed by atoms with Crippen molar-refractivity contribution in [3.05, 3.63) is 16.9 Å². The highest BCUT2D eigenvalue weighted by molar-refractivity contribution is 9.10. The molecule has 0 aromatic carbocycles. The van der Waals surface area contributed by atoms with E-state index in [1.807, 2.05) is 6.26 Å². The Labute approximate surface area is 120 Å². The van der Waals surface area contributed by atoms with Crippen LogP contribution >= 0.6 is 27.7 Å². The lowest BCUT2D eigenvalue weighted by Crippen LogP contribution is -2.04. The smallest absolute Gasteiger partial charge is 0.258 e. The van der Waals surface area contributed by atoms with E-state index in [9.17, 15) is 0 Å². The topological polar surface area (TPSA) is 108 Å². The molecular weight excluding hydrogens is 332 g/mol. The van der Waals surface area contributed by atoms with Crippen molar-refractivity contribution in [1.82, 2.24) is 34.5 Å². The summed E-state index contributed by atoms with van der Waals surface area (Å²) in [4.78, 5) is 20.8. The van der Waals surface area contributed by atoms with Gasteiger partial charge in [0.15, 0.2) is 11.0 Å². The number of fused-ring (bicyclic) bond motifs is 1. The summed E-state index contributed by atoms with van der Waals surface area (Å²) in [5, 5.41) is 4.74. The van der Waals surface area contributed by atoms with Crippen LogP contribution in [0.2, 0.25) is 0 Å². The number of nitrogen functional groups attached to an aromatic ring is 1. The van der Waals surface area contributed by atoms with E-state index in [4.69, 9.17) is 5.73 Å². The second kappa shape index (κ2) is 4.70. The average molecular weight is 339 g/mol. The highest BCUT2D eigenvalue weighted by Gasteiger charge is 2.13. The van der Waals surface area contributed by atoms with Crippen LogP contribution in [0.25, 0.3) is 17.4 Å². The van der Waals surface area contributed by atoms with Crippen LogP contribution in [0.1, 0.15) is 0 Å². The number of halogens is 1. The lowest BCUT2D eigenvalue weighted by atomic mass is 10.5. The fraction of sp³-hybridized carbons (Fsp3) is 0.111. The predicted molar refractivity (Wildman–Crippen MR) is 73.5 cm³/mol. The molecule has 10 heteroatoms. The summed E-state index contributed by atoms with van der Waals surface area (Å²) in [6.45, 7) is 0. The monoisotopic (exact) mass is 338 g/mol. The number of hydrogen-bond acceptors (Lipinski definition) is 8. The van der Waals surface area contributed by atoms with Crippen LogP contribution < -0.4 is 5.73 Å². The Kier molecular flexibility index (Phi) is 3.03. The molecule has 3 aromatic heterocycles. The number of anilines is 1. The molecule has 0 saturated carbocycles. The van der Waals surface area contributed by atoms with Gasteiger partial charge in [0.05, 0.1) is 4.47 Å². The Morgan fingerprint density at radius 2 is 1.89 bits per heavy atom. The normalized spacial score (nSPS) is 11.1. The van der Waals surface area contributed by atoms with E-state index in [-0.39, 0.29) is 5.95 Å². The molecule has 0 aliphatic carbocycles.